The third kappa shape index (κ3) is 5.04. The molecule has 0 unspecified atom stereocenters. The number of ether oxygens (including phenoxy) is 1. The highest BCUT2D eigenvalue weighted by Gasteiger charge is 2.09. The van der Waals surface area contributed by atoms with Crippen LogP contribution in [0.5, 0.6) is 5.75 Å². The molecule has 8 nitrogen and oxygen atoms in total. The summed E-state index contributed by atoms with van der Waals surface area (Å²) in [5.41, 5.74) is 2.18. The molecule has 0 atom stereocenters. The van der Waals surface area contributed by atoms with Gasteiger partial charge in [-0.25, -0.2) is 9.97 Å². The molecule has 0 aliphatic heterocycles. The summed E-state index contributed by atoms with van der Waals surface area (Å²) in [6, 6.07) is 14.2. The molecule has 2 aromatic carbocycles. The molecule has 0 fully saturated rings. The number of nitrogens with one attached hydrogen (secondary N) is 3. The monoisotopic (exact) mass is 377 g/mol. The summed E-state index contributed by atoms with van der Waals surface area (Å²) in [4.78, 5) is 31.8. The van der Waals surface area contributed by atoms with Gasteiger partial charge in [0.05, 0.1) is 19.5 Å². The lowest BCUT2D eigenvalue weighted by atomic mass is 10.2. The van der Waals surface area contributed by atoms with Crippen LogP contribution in [0, 0.1) is 0 Å². The summed E-state index contributed by atoms with van der Waals surface area (Å²) in [5, 5.41) is 8.53. The Hall–Kier alpha value is -3.94. The summed E-state index contributed by atoms with van der Waals surface area (Å²) in [5.74, 6) is 0.589. The van der Waals surface area contributed by atoms with Crippen LogP contribution in [-0.2, 0) is 4.79 Å². The maximum Gasteiger partial charge on any atom is 0.275 e. The third-order valence-electron chi connectivity index (χ3n) is 3.67. The Morgan fingerprint density at radius 3 is 2.29 bits per heavy atom. The van der Waals surface area contributed by atoms with Gasteiger partial charge >= 0.3 is 0 Å². The highest BCUT2D eigenvalue weighted by molar-refractivity contribution is 6.02. The largest absolute Gasteiger partial charge is 0.497 e. The molecule has 0 aliphatic carbocycles. The standard InChI is InChI=1S/C20H19N5O3/c1-13(26)23-14-5-3-6-15(9-14)24-19-12-21-18(11-22-19)20(27)25-16-7-4-8-17(10-16)28-2/h3-12H,1-2H3,(H,22,24)(H,23,26)(H,25,27). The zero-order valence-corrected chi connectivity index (χ0v) is 15.4. The second-order valence-electron chi connectivity index (χ2n) is 5.86. The Morgan fingerprint density at radius 1 is 0.893 bits per heavy atom. The van der Waals surface area contributed by atoms with Crippen LogP contribution in [-0.4, -0.2) is 28.9 Å². The van der Waals surface area contributed by atoms with Crippen molar-refractivity contribution in [2.75, 3.05) is 23.1 Å². The molecule has 0 aliphatic rings. The molecule has 0 saturated heterocycles. The Balaban J connectivity index is 1.66. The molecule has 142 valence electrons. The van der Waals surface area contributed by atoms with Gasteiger partial charge in [-0.15, -0.1) is 0 Å². The van der Waals surface area contributed by atoms with Crippen molar-refractivity contribution in [2.24, 2.45) is 0 Å². The van der Waals surface area contributed by atoms with Gasteiger partial charge in [0.2, 0.25) is 5.91 Å². The van der Waals surface area contributed by atoms with Crippen LogP contribution >= 0.6 is 0 Å². The number of rotatable bonds is 6. The van der Waals surface area contributed by atoms with Gasteiger partial charge in [0, 0.05) is 30.1 Å². The van der Waals surface area contributed by atoms with Gasteiger partial charge in [-0.1, -0.05) is 12.1 Å². The molecule has 28 heavy (non-hydrogen) atoms. The normalized spacial score (nSPS) is 10.1. The second kappa shape index (κ2) is 8.63. The van der Waals surface area contributed by atoms with E-state index in [0.29, 0.717) is 22.9 Å². The van der Waals surface area contributed by atoms with Crippen molar-refractivity contribution in [3.05, 3.63) is 66.6 Å². The molecular formula is C20H19N5O3. The van der Waals surface area contributed by atoms with Gasteiger partial charge in [0.1, 0.15) is 17.3 Å². The quantitative estimate of drug-likeness (QED) is 0.608. The minimum atomic E-state index is -0.375. The van der Waals surface area contributed by atoms with Crippen LogP contribution in [0.15, 0.2) is 60.9 Å². The van der Waals surface area contributed by atoms with E-state index in [0.717, 1.165) is 5.69 Å². The summed E-state index contributed by atoms with van der Waals surface area (Å²) in [6.07, 6.45) is 2.85. The summed E-state index contributed by atoms with van der Waals surface area (Å²) in [6.45, 7) is 1.45. The van der Waals surface area contributed by atoms with Crippen LogP contribution in [0.25, 0.3) is 0 Å². The van der Waals surface area contributed by atoms with Gasteiger partial charge in [-0.2, -0.15) is 0 Å². The number of hydrogen-bond donors (Lipinski definition) is 3. The summed E-state index contributed by atoms with van der Waals surface area (Å²) >= 11 is 0. The zero-order chi connectivity index (χ0) is 19.9. The van der Waals surface area contributed by atoms with Crippen LogP contribution in [0.1, 0.15) is 17.4 Å². The fourth-order valence-corrected chi connectivity index (χ4v) is 2.43. The Kier molecular flexibility index (Phi) is 5.81. The number of carbonyl (C=O) groups excluding carboxylic acids is 2. The lowest BCUT2D eigenvalue weighted by Crippen LogP contribution is -2.14. The number of hydrogen-bond acceptors (Lipinski definition) is 6. The predicted octanol–water partition coefficient (Wildman–Crippen LogP) is 3.44. The smallest absolute Gasteiger partial charge is 0.275 e. The second-order valence-corrected chi connectivity index (χ2v) is 5.86. The molecule has 0 bridgehead atoms. The molecule has 1 heterocycles. The van der Waals surface area contributed by atoms with Gasteiger partial charge in [-0.3, -0.25) is 9.59 Å². The molecule has 8 heteroatoms. The lowest BCUT2D eigenvalue weighted by molar-refractivity contribution is -0.114. The first-order valence-corrected chi connectivity index (χ1v) is 8.45. The predicted molar refractivity (Wildman–Crippen MR) is 107 cm³/mol. The molecular weight excluding hydrogens is 358 g/mol. The fraction of sp³-hybridized carbons (Fsp3) is 0.100. The van der Waals surface area contributed by atoms with Crippen molar-refractivity contribution in [3.8, 4) is 5.75 Å². The number of nitrogens with zero attached hydrogens (tertiary/aromatic N) is 2. The Labute approximate surface area is 162 Å². The van der Waals surface area contributed by atoms with Crippen molar-refractivity contribution in [2.45, 2.75) is 6.92 Å². The number of benzene rings is 2. The summed E-state index contributed by atoms with van der Waals surface area (Å²) < 4.78 is 5.13. The molecule has 0 saturated carbocycles. The summed E-state index contributed by atoms with van der Waals surface area (Å²) in [7, 11) is 1.56. The van der Waals surface area contributed by atoms with E-state index in [9.17, 15) is 9.59 Å². The maximum atomic E-state index is 12.3. The number of aromatic nitrogens is 2. The fourth-order valence-electron chi connectivity index (χ4n) is 2.43. The zero-order valence-electron chi connectivity index (χ0n) is 15.4. The number of methoxy groups -OCH3 is 1. The van der Waals surface area contributed by atoms with Crippen molar-refractivity contribution < 1.29 is 14.3 Å². The molecule has 3 aromatic rings. The van der Waals surface area contributed by atoms with E-state index in [2.05, 4.69) is 25.9 Å². The highest BCUT2D eigenvalue weighted by Crippen LogP contribution is 2.19. The van der Waals surface area contributed by atoms with Gasteiger partial charge < -0.3 is 20.7 Å². The van der Waals surface area contributed by atoms with Crippen LogP contribution in [0.2, 0.25) is 0 Å². The first kappa shape index (κ1) is 18.8. The van der Waals surface area contributed by atoms with Crippen LogP contribution in [0.4, 0.5) is 22.9 Å². The van der Waals surface area contributed by atoms with E-state index >= 15 is 0 Å². The van der Waals surface area contributed by atoms with E-state index in [1.807, 2.05) is 6.07 Å². The van der Waals surface area contributed by atoms with Gasteiger partial charge in [-0.05, 0) is 30.3 Å². The van der Waals surface area contributed by atoms with E-state index in [1.54, 1.807) is 49.6 Å². The van der Waals surface area contributed by atoms with Gasteiger partial charge in [0.25, 0.3) is 5.91 Å². The molecule has 1 aromatic heterocycles. The number of amides is 2. The maximum absolute atomic E-state index is 12.3. The molecule has 3 N–H and O–H groups in total. The van der Waals surface area contributed by atoms with Crippen LogP contribution < -0.4 is 20.7 Å². The Bertz CT molecular complexity index is 989. The molecule has 0 spiro atoms. The molecule has 0 radical (unpaired) electrons. The van der Waals surface area contributed by atoms with E-state index < -0.39 is 0 Å². The van der Waals surface area contributed by atoms with Crippen molar-refractivity contribution in [3.63, 3.8) is 0 Å². The van der Waals surface area contributed by atoms with Crippen molar-refractivity contribution >= 4 is 34.7 Å². The minimum Gasteiger partial charge on any atom is -0.497 e. The topological polar surface area (TPSA) is 105 Å². The van der Waals surface area contributed by atoms with Crippen molar-refractivity contribution in [1.29, 1.82) is 0 Å². The van der Waals surface area contributed by atoms with Crippen molar-refractivity contribution in [1.82, 2.24) is 9.97 Å². The first-order valence-electron chi connectivity index (χ1n) is 8.45. The number of anilines is 4. The Morgan fingerprint density at radius 2 is 1.61 bits per heavy atom. The molecule has 2 amide bonds. The number of carbonyl (C=O) groups is 2. The van der Waals surface area contributed by atoms with Gasteiger partial charge in [0.15, 0.2) is 0 Å². The third-order valence-corrected chi connectivity index (χ3v) is 3.67. The van der Waals surface area contributed by atoms with E-state index in [4.69, 9.17) is 4.74 Å². The average Bonchev–Trinajstić information content (AvgIpc) is 2.68. The minimum absolute atomic E-state index is 0.150. The SMILES string of the molecule is COc1cccc(NC(=O)c2cnc(Nc3cccc(NC(C)=O)c3)cn2)c1. The van der Waals surface area contributed by atoms with E-state index in [1.165, 1.54) is 19.3 Å². The van der Waals surface area contributed by atoms with E-state index in [-0.39, 0.29) is 17.5 Å². The lowest BCUT2D eigenvalue weighted by Gasteiger charge is -2.09. The first-order chi connectivity index (χ1) is 13.5. The average molecular weight is 377 g/mol. The molecule has 3 rings (SSSR count). The highest BCUT2D eigenvalue weighted by atomic mass is 16.5. The van der Waals surface area contributed by atoms with Crippen LogP contribution in [0.3, 0.4) is 0 Å².